The fourth-order valence-corrected chi connectivity index (χ4v) is 2.94. The fourth-order valence-electron chi connectivity index (χ4n) is 2.15. The van der Waals surface area contributed by atoms with Crippen molar-refractivity contribution in [3.05, 3.63) is 60.4 Å². The summed E-state index contributed by atoms with van der Waals surface area (Å²) >= 11 is 1.39. The molecule has 1 N–H and O–H groups in total. The molecule has 114 valence electrons. The molecule has 0 fully saturated rings. The van der Waals surface area contributed by atoms with Crippen molar-refractivity contribution in [3.63, 3.8) is 0 Å². The Kier molecular flexibility index (Phi) is 5.02. The van der Waals surface area contributed by atoms with Gasteiger partial charge in [0, 0.05) is 18.0 Å². The van der Waals surface area contributed by atoms with Crippen molar-refractivity contribution in [1.82, 2.24) is 20.2 Å². The lowest BCUT2D eigenvalue weighted by atomic mass is 10.1. The topological polar surface area (TPSA) is 78.2 Å². The molecule has 0 radical (unpaired) electrons. The van der Waals surface area contributed by atoms with Crippen LogP contribution >= 0.6 is 11.8 Å². The van der Waals surface area contributed by atoms with Crippen LogP contribution in [0.5, 0.6) is 0 Å². The van der Waals surface area contributed by atoms with E-state index < -0.39 is 0 Å². The van der Waals surface area contributed by atoms with Crippen molar-refractivity contribution >= 4 is 11.8 Å². The second kappa shape index (κ2) is 7.56. The van der Waals surface area contributed by atoms with Gasteiger partial charge in [0.25, 0.3) is 0 Å². The fraction of sp³-hybridized carbons (Fsp3) is 0.176. The number of benzene rings is 1. The standard InChI is InChI=1S/C17H15N5S/c18-11-15(9-8-13-5-2-1-3-6-13)23-17-20-16(21-22-17)14-7-4-10-19-12-14/h1-7,10,12,15H,8-9H2,(H,20,21,22). The number of H-pyrrole nitrogens is 1. The molecule has 0 saturated carbocycles. The number of aromatic nitrogens is 4. The summed E-state index contributed by atoms with van der Waals surface area (Å²) in [7, 11) is 0. The van der Waals surface area contributed by atoms with Crippen LogP contribution in [0.4, 0.5) is 0 Å². The van der Waals surface area contributed by atoms with E-state index in [-0.39, 0.29) is 5.25 Å². The van der Waals surface area contributed by atoms with Gasteiger partial charge in [0.2, 0.25) is 5.16 Å². The van der Waals surface area contributed by atoms with Crippen LogP contribution in [0.15, 0.2) is 60.0 Å². The van der Waals surface area contributed by atoms with Crippen molar-refractivity contribution in [2.24, 2.45) is 0 Å². The number of nitrogens with zero attached hydrogens (tertiary/aromatic N) is 4. The summed E-state index contributed by atoms with van der Waals surface area (Å²) in [6.45, 7) is 0. The lowest BCUT2D eigenvalue weighted by Crippen LogP contribution is -2.01. The number of pyridine rings is 1. The van der Waals surface area contributed by atoms with E-state index in [1.807, 2.05) is 30.3 Å². The molecule has 5 nitrogen and oxygen atoms in total. The van der Waals surface area contributed by atoms with Crippen LogP contribution in [0.3, 0.4) is 0 Å². The van der Waals surface area contributed by atoms with Crippen LogP contribution in [0.1, 0.15) is 12.0 Å². The monoisotopic (exact) mass is 321 g/mol. The van der Waals surface area contributed by atoms with Gasteiger partial charge in [-0.15, -0.1) is 5.10 Å². The van der Waals surface area contributed by atoms with Gasteiger partial charge in [-0.3, -0.25) is 10.1 Å². The van der Waals surface area contributed by atoms with Crippen molar-refractivity contribution < 1.29 is 0 Å². The number of nitriles is 1. The smallest absolute Gasteiger partial charge is 0.210 e. The molecule has 0 aliphatic rings. The zero-order chi connectivity index (χ0) is 15.9. The average Bonchev–Trinajstić information content (AvgIpc) is 3.09. The largest absolute Gasteiger partial charge is 0.264 e. The number of aryl methyl sites for hydroxylation is 1. The Balaban J connectivity index is 1.61. The summed E-state index contributed by atoms with van der Waals surface area (Å²) in [6, 6.07) is 16.3. The predicted molar refractivity (Wildman–Crippen MR) is 89.6 cm³/mol. The molecular weight excluding hydrogens is 306 g/mol. The second-order valence-corrected chi connectivity index (χ2v) is 6.14. The third kappa shape index (κ3) is 4.18. The van der Waals surface area contributed by atoms with Gasteiger partial charge < -0.3 is 0 Å². The minimum atomic E-state index is -0.173. The van der Waals surface area contributed by atoms with Crippen LogP contribution in [0.25, 0.3) is 11.4 Å². The normalized spacial score (nSPS) is 11.8. The van der Waals surface area contributed by atoms with Crippen molar-refractivity contribution in [3.8, 4) is 17.5 Å². The first-order valence-corrected chi connectivity index (χ1v) is 8.16. The first kappa shape index (κ1) is 15.3. The SMILES string of the molecule is N#CC(CCc1ccccc1)Sc1n[nH]c(-c2cccnc2)n1. The summed E-state index contributed by atoms with van der Waals surface area (Å²) in [6.07, 6.45) is 5.07. The van der Waals surface area contributed by atoms with Gasteiger partial charge in [-0.25, -0.2) is 4.98 Å². The maximum atomic E-state index is 9.34. The minimum absolute atomic E-state index is 0.173. The molecule has 1 atom stereocenters. The number of aromatic amines is 1. The van der Waals surface area contributed by atoms with Crippen LogP contribution in [0, 0.1) is 11.3 Å². The summed E-state index contributed by atoms with van der Waals surface area (Å²) in [5.74, 6) is 0.667. The predicted octanol–water partition coefficient (Wildman–Crippen LogP) is 3.48. The van der Waals surface area contributed by atoms with E-state index in [9.17, 15) is 5.26 Å². The van der Waals surface area contributed by atoms with Gasteiger partial charge in [-0.05, 0) is 30.5 Å². The Labute approximate surface area is 138 Å². The maximum Gasteiger partial charge on any atom is 0.210 e. The minimum Gasteiger partial charge on any atom is -0.264 e. The lowest BCUT2D eigenvalue weighted by Gasteiger charge is -2.05. The number of nitrogens with one attached hydrogen (secondary N) is 1. The van der Waals surface area contributed by atoms with Crippen molar-refractivity contribution in [2.75, 3.05) is 0 Å². The molecule has 1 unspecified atom stereocenters. The van der Waals surface area contributed by atoms with E-state index in [0.29, 0.717) is 11.0 Å². The molecule has 1 aromatic carbocycles. The lowest BCUT2D eigenvalue weighted by molar-refractivity contribution is 0.856. The highest BCUT2D eigenvalue weighted by atomic mass is 32.2. The van der Waals surface area contributed by atoms with Gasteiger partial charge >= 0.3 is 0 Å². The first-order valence-electron chi connectivity index (χ1n) is 7.28. The molecule has 23 heavy (non-hydrogen) atoms. The molecule has 0 aliphatic carbocycles. The van der Waals surface area contributed by atoms with Gasteiger partial charge in [-0.1, -0.05) is 42.1 Å². The Bertz CT molecular complexity index is 780. The second-order valence-electron chi connectivity index (χ2n) is 4.97. The molecule has 2 aromatic heterocycles. The molecule has 6 heteroatoms. The Hall–Kier alpha value is -2.65. The van der Waals surface area contributed by atoms with Gasteiger partial charge in [0.05, 0.1) is 11.3 Å². The van der Waals surface area contributed by atoms with Gasteiger partial charge in [0.1, 0.15) is 0 Å². The zero-order valence-corrected chi connectivity index (χ0v) is 13.2. The number of hydrogen-bond acceptors (Lipinski definition) is 5. The third-order valence-corrected chi connectivity index (χ3v) is 4.35. The summed E-state index contributed by atoms with van der Waals surface area (Å²) in [5.41, 5.74) is 2.11. The van der Waals surface area contributed by atoms with Crippen LogP contribution < -0.4 is 0 Å². The average molecular weight is 321 g/mol. The highest BCUT2D eigenvalue weighted by molar-refractivity contribution is 8.00. The molecule has 3 rings (SSSR count). The van der Waals surface area contributed by atoms with Crippen molar-refractivity contribution in [2.45, 2.75) is 23.2 Å². The highest BCUT2D eigenvalue weighted by Gasteiger charge is 2.14. The van der Waals surface area contributed by atoms with E-state index in [4.69, 9.17) is 0 Å². The van der Waals surface area contributed by atoms with E-state index >= 15 is 0 Å². The van der Waals surface area contributed by atoms with Gasteiger partial charge in [0.15, 0.2) is 5.82 Å². The summed E-state index contributed by atoms with van der Waals surface area (Å²) in [4.78, 5) is 8.49. The molecule has 3 aromatic rings. The Morgan fingerprint density at radius 3 is 2.78 bits per heavy atom. The molecule has 0 amide bonds. The maximum absolute atomic E-state index is 9.34. The summed E-state index contributed by atoms with van der Waals surface area (Å²) < 4.78 is 0. The van der Waals surface area contributed by atoms with E-state index in [0.717, 1.165) is 18.4 Å². The first-order chi connectivity index (χ1) is 11.3. The molecular formula is C17H15N5S. The quantitative estimate of drug-likeness (QED) is 0.703. The van der Waals surface area contributed by atoms with E-state index in [2.05, 4.69) is 38.4 Å². The number of hydrogen-bond donors (Lipinski definition) is 1. The summed E-state index contributed by atoms with van der Waals surface area (Å²) in [5, 5.41) is 16.8. The zero-order valence-electron chi connectivity index (χ0n) is 12.4. The van der Waals surface area contributed by atoms with E-state index in [1.165, 1.54) is 17.3 Å². The number of rotatable bonds is 6. The van der Waals surface area contributed by atoms with Crippen molar-refractivity contribution in [1.29, 1.82) is 5.26 Å². The third-order valence-electron chi connectivity index (χ3n) is 3.33. The van der Waals surface area contributed by atoms with E-state index in [1.54, 1.807) is 12.4 Å². The van der Waals surface area contributed by atoms with Crippen LogP contribution in [-0.2, 0) is 6.42 Å². The molecule has 0 saturated heterocycles. The van der Waals surface area contributed by atoms with Crippen LogP contribution in [0.2, 0.25) is 0 Å². The molecule has 0 spiro atoms. The Morgan fingerprint density at radius 1 is 1.17 bits per heavy atom. The molecule has 0 aliphatic heterocycles. The Morgan fingerprint density at radius 2 is 2.04 bits per heavy atom. The van der Waals surface area contributed by atoms with Gasteiger partial charge in [-0.2, -0.15) is 5.26 Å². The highest BCUT2D eigenvalue weighted by Crippen LogP contribution is 2.25. The molecule has 0 bridgehead atoms. The van der Waals surface area contributed by atoms with Crippen LogP contribution in [-0.4, -0.2) is 25.4 Å². The molecule has 2 heterocycles. The number of thioether (sulfide) groups is 1.